The van der Waals surface area contributed by atoms with Crippen LogP contribution >= 0.6 is 0 Å². The van der Waals surface area contributed by atoms with Crippen LogP contribution in [0, 0.1) is 0 Å². The Balaban J connectivity index is 1.85. The highest BCUT2D eigenvalue weighted by molar-refractivity contribution is 5.98. The van der Waals surface area contributed by atoms with Gasteiger partial charge in [-0.2, -0.15) is 0 Å². The second-order valence-electron chi connectivity index (χ2n) is 7.17. The number of likely N-dealkylation sites (N-methyl/N-ethyl adjacent to an activating group) is 1. The maximum atomic E-state index is 12.8. The highest BCUT2D eigenvalue weighted by Crippen LogP contribution is 2.50. The number of nitrogens with zero attached hydrogens (tertiary/aromatic N) is 1. The molecule has 0 radical (unpaired) electrons. The third kappa shape index (κ3) is 2.97. The van der Waals surface area contributed by atoms with E-state index in [2.05, 4.69) is 4.90 Å². The molecule has 0 unspecified atom stereocenters. The molecule has 7 nitrogen and oxygen atoms in total. The molecule has 2 aromatic rings. The largest absolute Gasteiger partial charge is 0.493 e. The molecule has 2 aliphatic rings. The SMILES string of the molecule is COc1cc2c(cc1OC)[C@@H]([C@@H]1OC(=O)c3c1ccc(OC)c3OC)N(C)CC2. The van der Waals surface area contributed by atoms with Crippen LogP contribution < -0.4 is 18.9 Å². The summed E-state index contributed by atoms with van der Waals surface area (Å²) >= 11 is 0. The predicted octanol–water partition coefficient (Wildman–Crippen LogP) is 3.16. The average molecular weight is 399 g/mol. The van der Waals surface area contributed by atoms with Crippen molar-refractivity contribution in [3.8, 4) is 23.0 Å². The monoisotopic (exact) mass is 399 g/mol. The Morgan fingerprint density at radius 1 is 0.931 bits per heavy atom. The molecule has 0 N–H and O–H groups in total. The van der Waals surface area contributed by atoms with E-state index >= 15 is 0 Å². The number of carbonyl (C=O) groups is 1. The third-order valence-corrected chi connectivity index (χ3v) is 5.78. The Morgan fingerprint density at radius 3 is 2.28 bits per heavy atom. The molecule has 0 bridgehead atoms. The second-order valence-corrected chi connectivity index (χ2v) is 7.17. The van der Waals surface area contributed by atoms with E-state index in [0.29, 0.717) is 28.6 Å². The van der Waals surface area contributed by atoms with Gasteiger partial charge in [-0.15, -0.1) is 0 Å². The number of benzene rings is 2. The Hall–Kier alpha value is -2.93. The molecule has 0 fully saturated rings. The van der Waals surface area contributed by atoms with Gasteiger partial charge >= 0.3 is 5.97 Å². The molecule has 0 spiro atoms. The van der Waals surface area contributed by atoms with Crippen molar-refractivity contribution < 1.29 is 28.5 Å². The van der Waals surface area contributed by atoms with Gasteiger partial charge < -0.3 is 23.7 Å². The van der Waals surface area contributed by atoms with Crippen LogP contribution in [0.4, 0.5) is 0 Å². The lowest BCUT2D eigenvalue weighted by Crippen LogP contribution is -2.36. The summed E-state index contributed by atoms with van der Waals surface area (Å²) in [4.78, 5) is 15.0. The van der Waals surface area contributed by atoms with Gasteiger partial charge in [-0.25, -0.2) is 4.79 Å². The zero-order valence-electron chi connectivity index (χ0n) is 17.3. The number of carbonyl (C=O) groups excluding carboxylic acids is 1. The molecule has 4 rings (SSSR count). The van der Waals surface area contributed by atoms with Gasteiger partial charge in [0.1, 0.15) is 11.7 Å². The smallest absolute Gasteiger partial charge is 0.343 e. The zero-order valence-corrected chi connectivity index (χ0v) is 17.3. The highest BCUT2D eigenvalue weighted by Gasteiger charge is 2.44. The molecule has 0 amide bonds. The van der Waals surface area contributed by atoms with Gasteiger partial charge in [0.25, 0.3) is 0 Å². The second kappa shape index (κ2) is 7.48. The van der Waals surface area contributed by atoms with Gasteiger partial charge in [0.2, 0.25) is 0 Å². The first-order valence-electron chi connectivity index (χ1n) is 9.44. The Bertz CT molecular complexity index is 957. The number of hydrogen-bond donors (Lipinski definition) is 0. The van der Waals surface area contributed by atoms with Crippen molar-refractivity contribution in [1.29, 1.82) is 0 Å². The summed E-state index contributed by atoms with van der Waals surface area (Å²) in [7, 11) is 8.36. The predicted molar refractivity (Wildman–Crippen MR) is 106 cm³/mol. The molecule has 2 heterocycles. The third-order valence-electron chi connectivity index (χ3n) is 5.78. The molecule has 7 heteroatoms. The van der Waals surface area contributed by atoms with Crippen molar-refractivity contribution >= 4 is 5.97 Å². The zero-order chi connectivity index (χ0) is 20.7. The summed E-state index contributed by atoms with van der Waals surface area (Å²) in [5.74, 6) is 1.87. The summed E-state index contributed by atoms with van der Waals surface area (Å²) in [5, 5.41) is 0. The van der Waals surface area contributed by atoms with E-state index in [9.17, 15) is 4.79 Å². The molecule has 0 aliphatic carbocycles. The van der Waals surface area contributed by atoms with E-state index in [1.54, 1.807) is 21.3 Å². The molecular weight excluding hydrogens is 374 g/mol. The fourth-order valence-electron chi connectivity index (χ4n) is 4.36. The van der Waals surface area contributed by atoms with Crippen molar-refractivity contribution in [2.24, 2.45) is 0 Å². The van der Waals surface area contributed by atoms with Gasteiger partial charge in [0, 0.05) is 12.1 Å². The van der Waals surface area contributed by atoms with E-state index in [1.807, 2.05) is 31.3 Å². The highest BCUT2D eigenvalue weighted by atomic mass is 16.6. The maximum Gasteiger partial charge on any atom is 0.343 e. The van der Waals surface area contributed by atoms with Crippen LogP contribution in [-0.4, -0.2) is 52.9 Å². The van der Waals surface area contributed by atoms with Crippen LogP contribution in [0.5, 0.6) is 23.0 Å². The van der Waals surface area contributed by atoms with E-state index in [4.69, 9.17) is 23.7 Å². The Labute approximate surface area is 170 Å². The van der Waals surface area contributed by atoms with Gasteiger partial charge in [0.15, 0.2) is 23.0 Å². The molecule has 2 aromatic carbocycles. The number of fused-ring (bicyclic) bond motifs is 2. The van der Waals surface area contributed by atoms with Crippen LogP contribution in [0.15, 0.2) is 24.3 Å². The number of cyclic esters (lactones) is 1. The number of hydrogen-bond acceptors (Lipinski definition) is 7. The topological polar surface area (TPSA) is 66.5 Å². The summed E-state index contributed by atoms with van der Waals surface area (Å²) in [5.41, 5.74) is 3.46. The molecule has 2 atom stereocenters. The van der Waals surface area contributed by atoms with Gasteiger partial charge in [-0.05, 0) is 42.8 Å². The lowest BCUT2D eigenvalue weighted by molar-refractivity contribution is 0.00931. The van der Waals surface area contributed by atoms with Crippen LogP contribution in [0.2, 0.25) is 0 Å². The van der Waals surface area contributed by atoms with Gasteiger partial charge in [-0.3, -0.25) is 4.90 Å². The first kappa shape index (κ1) is 19.4. The molecule has 29 heavy (non-hydrogen) atoms. The fraction of sp³-hybridized carbons (Fsp3) is 0.409. The van der Waals surface area contributed by atoms with Crippen LogP contribution in [-0.2, 0) is 11.2 Å². The molecule has 154 valence electrons. The molecule has 0 aromatic heterocycles. The fourth-order valence-corrected chi connectivity index (χ4v) is 4.36. The number of ether oxygens (including phenoxy) is 5. The molecule has 0 saturated carbocycles. The quantitative estimate of drug-likeness (QED) is 0.716. The summed E-state index contributed by atoms with van der Waals surface area (Å²) < 4.78 is 27.7. The average Bonchev–Trinajstić information content (AvgIpc) is 3.08. The van der Waals surface area contributed by atoms with E-state index in [1.165, 1.54) is 7.11 Å². The number of rotatable bonds is 5. The first-order chi connectivity index (χ1) is 14.0. The minimum Gasteiger partial charge on any atom is -0.493 e. The lowest BCUT2D eigenvalue weighted by Gasteiger charge is -2.38. The van der Waals surface area contributed by atoms with Crippen LogP contribution in [0.25, 0.3) is 0 Å². The number of esters is 1. The van der Waals surface area contributed by atoms with Crippen molar-refractivity contribution in [1.82, 2.24) is 4.90 Å². The molecule has 2 aliphatic heterocycles. The van der Waals surface area contributed by atoms with Crippen LogP contribution in [0.3, 0.4) is 0 Å². The molecule has 0 saturated heterocycles. The maximum absolute atomic E-state index is 12.8. The van der Waals surface area contributed by atoms with E-state index in [-0.39, 0.29) is 6.04 Å². The minimum atomic E-state index is -0.459. The summed E-state index contributed by atoms with van der Waals surface area (Å²) in [6.07, 6.45) is 0.418. The minimum absolute atomic E-state index is 0.151. The lowest BCUT2D eigenvalue weighted by atomic mass is 9.86. The van der Waals surface area contributed by atoms with Crippen LogP contribution in [0.1, 0.15) is 39.2 Å². The first-order valence-corrected chi connectivity index (χ1v) is 9.44. The van der Waals surface area contributed by atoms with E-state index < -0.39 is 12.1 Å². The van der Waals surface area contributed by atoms with Crippen molar-refractivity contribution in [2.45, 2.75) is 18.6 Å². The summed E-state index contributed by atoms with van der Waals surface area (Å²) in [6, 6.07) is 7.55. The standard InChI is InChI=1S/C22H25NO6/c1-23-9-8-12-10-16(26-3)17(27-4)11-14(12)19(23)20-13-6-7-15(25-2)21(28-5)18(13)22(24)29-20/h6-7,10-11,19-20H,8-9H2,1-5H3/t19-,20+/m0/s1. The van der Waals surface area contributed by atoms with Crippen molar-refractivity contribution in [3.05, 3.63) is 46.5 Å². The van der Waals surface area contributed by atoms with Gasteiger partial charge in [-0.1, -0.05) is 6.07 Å². The van der Waals surface area contributed by atoms with E-state index in [0.717, 1.165) is 29.7 Å². The Kier molecular flexibility index (Phi) is 5.00. The summed E-state index contributed by atoms with van der Waals surface area (Å²) in [6.45, 7) is 0.837. The molecular formula is C22H25NO6. The normalized spacial score (nSPS) is 20.5. The Morgan fingerprint density at radius 2 is 1.62 bits per heavy atom. The van der Waals surface area contributed by atoms with Crippen molar-refractivity contribution in [2.75, 3.05) is 42.0 Å². The van der Waals surface area contributed by atoms with Crippen molar-refractivity contribution in [3.63, 3.8) is 0 Å². The van der Waals surface area contributed by atoms with Gasteiger partial charge in [0.05, 0.1) is 34.5 Å². The number of methoxy groups -OCH3 is 4.